The Morgan fingerprint density at radius 2 is 1.98 bits per heavy atom. The van der Waals surface area contributed by atoms with Crippen molar-refractivity contribution >= 4 is 35.4 Å². The van der Waals surface area contributed by atoms with E-state index in [0.717, 1.165) is 16.8 Å². The van der Waals surface area contributed by atoms with Gasteiger partial charge in [-0.3, -0.25) is 23.4 Å². The van der Waals surface area contributed by atoms with Gasteiger partial charge in [0.1, 0.15) is 42.6 Å². The molecule has 0 saturated carbocycles. The van der Waals surface area contributed by atoms with Gasteiger partial charge in [-0.2, -0.15) is 0 Å². The molecule has 2 aliphatic heterocycles. The Balaban J connectivity index is 1.30. The second-order valence-corrected chi connectivity index (χ2v) is 12.1. The monoisotopic (exact) mass is 628 g/mol. The van der Waals surface area contributed by atoms with E-state index in [4.69, 9.17) is 47.2 Å². The van der Waals surface area contributed by atoms with Crippen LogP contribution in [0.15, 0.2) is 40.4 Å². The van der Waals surface area contributed by atoms with Crippen molar-refractivity contribution in [3.8, 4) is 12.3 Å². The predicted octanol–water partition coefficient (Wildman–Crippen LogP) is -1.31. The number of rotatable bonds is 10. The van der Waals surface area contributed by atoms with Crippen molar-refractivity contribution in [2.24, 2.45) is 0 Å². The average Bonchev–Trinajstić information content (AvgIpc) is 3.61. The Bertz CT molecular complexity index is 1650. The predicted molar refractivity (Wildman–Crippen MR) is 145 cm³/mol. The SMILES string of the molecule is C#CCOC1[C@@H](OP(O)(=S)OC[C@H]2O[C@@H](n3cnc4c(N)ccnc43)C(F)[C@H]2O)[C@@H](CO)O[C@H]1n1ccc(=O)[nH]c1=O. The molecule has 5 rings (SSSR count). The summed E-state index contributed by atoms with van der Waals surface area (Å²) in [6.07, 6.45) is -2.06. The van der Waals surface area contributed by atoms with Crippen molar-refractivity contribution in [3.05, 3.63) is 51.7 Å². The molecule has 2 aliphatic rings. The number of halogens is 1. The van der Waals surface area contributed by atoms with Gasteiger partial charge in [0, 0.05) is 18.5 Å². The molecular formula is C23H26FN6O10PS. The van der Waals surface area contributed by atoms with Gasteiger partial charge in [-0.05, 0) is 17.9 Å². The zero-order valence-electron chi connectivity index (χ0n) is 21.5. The van der Waals surface area contributed by atoms with Crippen LogP contribution in [-0.2, 0) is 35.1 Å². The highest BCUT2D eigenvalue weighted by molar-refractivity contribution is 8.07. The molecule has 0 radical (unpaired) electrons. The fourth-order valence-corrected chi connectivity index (χ4v) is 6.15. The Labute approximate surface area is 241 Å². The summed E-state index contributed by atoms with van der Waals surface area (Å²) in [5, 5.41) is 20.4. The highest BCUT2D eigenvalue weighted by Gasteiger charge is 2.50. The van der Waals surface area contributed by atoms with Crippen LogP contribution in [-0.4, -0.2) is 95.7 Å². The summed E-state index contributed by atoms with van der Waals surface area (Å²) in [7, 11) is 0. The number of terminal acetylenes is 1. The number of aromatic amines is 1. The molecule has 9 atom stereocenters. The minimum Gasteiger partial charge on any atom is -0.397 e. The number of hydrogen-bond donors (Lipinski definition) is 5. The zero-order chi connectivity index (χ0) is 30.2. The van der Waals surface area contributed by atoms with E-state index in [1.807, 2.05) is 0 Å². The van der Waals surface area contributed by atoms with Gasteiger partial charge in [-0.15, -0.1) is 6.42 Å². The summed E-state index contributed by atoms with van der Waals surface area (Å²) in [4.78, 5) is 45.1. The van der Waals surface area contributed by atoms with Crippen LogP contribution >= 0.6 is 6.72 Å². The maximum absolute atomic E-state index is 15.1. The quantitative estimate of drug-likeness (QED) is 0.130. The first-order valence-corrected chi connectivity index (χ1v) is 15.0. The molecule has 2 fully saturated rings. The van der Waals surface area contributed by atoms with Crippen LogP contribution in [0, 0.1) is 12.3 Å². The molecule has 226 valence electrons. The van der Waals surface area contributed by atoms with Crippen LogP contribution in [0.4, 0.5) is 10.1 Å². The van der Waals surface area contributed by atoms with Crippen LogP contribution in [0.25, 0.3) is 11.2 Å². The summed E-state index contributed by atoms with van der Waals surface area (Å²) in [6, 6.07) is 2.60. The molecule has 2 saturated heterocycles. The lowest BCUT2D eigenvalue weighted by Crippen LogP contribution is -2.40. The fraction of sp³-hybridized carbons (Fsp3) is 0.478. The first-order valence-electron chi connectivity index (χ1n) is 12.4. The Kier molecular flexibility index (Phi) is 8.87. The molecule has 3 unspecified atom stereocenters. The third-order valence-corrected chi connectivity index (χ3v) is 8.23. The number of nitrogens with two attached hydrogens (primary N) is 1. The van der Waals surface area contributed by atoms with E-state index in [1.165, 1.54) is 23.2 Å². The van der Waals surface area contributed by atoms with Crippen molar-refractivity contribution in [3.63, 3.8) is 0 Å². The molecule has 3 aromatic heterocycles. The Hall–Kier alpha value is -3.08. The van der Waals surface area contributed by atoms with Crippen LogP contribution in [0.5, 0.6) is 0 Å². The molecule has 6 N–H and O–H groups in total. The molecule has 0 aromatic carbocycles. The maximum atomic E-state index is 15.1. The van der Waals surface area contributed by atoms with Crippen molar-refractivity contribution in [1.82, 2.24) is 24.1 Å². The minimum absolute atomic E-state index is 0.234. The lowest BCUT2D eigenvalue weighted by molar-refractivity contribution is -0.0678. The second kappa shape index (κ2) is 12.3. The molecule has 0 amide bonds. The number of nitrogens with one attached hydrogen (secondary N) is 1. The van der Waals surface area contributed by atoms with Gasteiger partial charge in [-0.1, -0.05) is 5.92 Å². The van der Waals surface area contributed by atoms with Crippen molar-refractivity contribution in [2.75, 3.05) is 25.6 Å². The summed E-state index contributed by atoms with van der Waals surface area (Å²) < 4.78 is 45.5. The number of anilines is 1. The molecule has 19 heteroatoms. The third-order valence-electron chi connectivity index (χ3n) is 6.67. The van der Waals surface area contributed by atoms with Crippen molar-refractivity contribution in [2.45, 2.75) is 49.1 Å². The molecule has 0 bridgehead atoms. The first kappa shape index (κ1) is 30.4. The highest BCUT2D eigenvalue weighted by atomic mass is 32.5. The number of aromatic nitrogens is 5. The summed E-state index contributed by atoms with van der Waals surface area (Å²) in [5.74, 6) is 2.26. The summed E-state index contributed by atoms with van der Waals surface area (Å²) >= 11 is 5.14. The van der Waals surface area contributed by atoms with Crippen LogP contribution < -0.4 is 17.0 Å². The Morgan fingerprint density at radius 3 is 2.69 bits per heavy atom. The van der Waals surface area contributed by atoms with Gasteiger partial charge in [0.2, 0.25) is 0 Å². The summed E-state index contributed by atoms with van der Waals surface area (Å²) in [5.41, 5.74) is 5.27. The number of H-pyrrole nitrogens is 1. The fourth-order valence-electron chi connectivity index (χ4n) is 4.71. The number of aliphatic hydroxyl groups is 2. The van der Waals surface area contributed by atoms with Crippen LogP contribution in [0.3, 0.4) is 0 Å². The third kappa shape index (κ3) is 5.89. The van der Waals surface area contributed by atoms with Crippen LogP contribution in [0.2, 0.25) is 0 Å². The standard InChI is InChI=1S/C23H26FN6O10PS/c1-2-7-36-19-18(12(8-31)38-22(19)29-6-4-14(32)28-23(29)34)40-41(35,42)37-9-13-17(33)15(24)21(39-13)30-10-27-16-11(25)3-5-26-20(16)30/h1,3-6,10,12-13,15,17-19,21-22,31,33H,7-9H2,(H2,25,26)(H,35,42)(H,28,32,34)/t12-,13-,15?,17+,18+,19?,21-,22-,41?/m1/s1. The lowest BCUT2D eigenvalue weighted by atomic mass is 10.1. The molecule has 5 heterocycles. The average molecular weight is 629 g/mol. The lowest BCUT2D eigenvalue weighted by Gasteiger charge is -2.28. The van der Waals surface area contributed by atoms with Gasteiger partial charge in [0.25, 0.3) is 5.56 Å². The first-order chi connectivity index (χ1) is 20.0. The largest absolute Gasteiger partial charge is 0.397 e. The van der Waals surface area contributed by atoms with Gasteiger partial charge >= 0.3 is 12.4 Å². The minimum atomic E-state index is -4.22. The molecule has 16 nitrogen and oxygen atoms in total. The van der Waals surface area contributed by atoms with E-state index < -0.39 is 80.3 Å². The molecule has 0 spiro atoms. The van der Waals surface area contributed by atoms with E-state index in [1.54, 1.807) is 0 Å². The number of imidazole rings is 1. The van der Waals surface area contributed by atoms with Gasteiger partial charge in [0.05, 0.1) is 25.2 Å². The number of ether oxygens (including phenoxy) is 3. The number of nitrogen functional groups attached to an aromatic ring is 1. The number of fused-ring (bicyclic) bond motifs is 1. The highest BCUT2D eigenvalue weighted by Crippen LogP contribution is 2.50. The van der Waals surface area contributed by atoms with Gasteiger partial charge < -0.3 is 39.6 Å². The van der Waals surface area contributed by atoms with E-state index in [0.29, 0.717) is 11.2 Å². The number of alkyl halides is 1. The smallest absolute Gasteiger partial charge is 0.330 e. The zero-order valence-corrected chi connectivity index (χ0v) is 23.2. The second-order valence-electron chi connectivity index (χ2n) is 9.30. The molecule has 42 heavy (non-hydrogen) atoms. The number of aliphatic hydroxyl groups excluding tert-OH is 2. The van der Waals surface area contributed by atoms with Gasteiger partial charge in [-0.25, -0.2) is 19.2 Å². The van der Waals surface area contributed by atoms with Crippen molar-refractivity contribution in [1.29, 1.82) is 0 Å². The summed E-state index contributed by atoms with van der Waals surface area (Å²) in [6.45, 7) is -5.75. The van der Waals surface area contributed by atoms with E-state index >= 15 is 4.39 Å². The topological polar surface area (TPSA) is 218 Å². The van der Waals surface area contributed by atoms with E-state index in [9.17, 15) is 24.7 Å². The van der Waals surface area contributed by atoms with Crippen molar-refractivity contribution < 1.29 is 42.8 Å². The normalized spacial score (nSPS) is 30.8. The van der Waals surface area contributed by atoms with E-state index in [2.05, 4.69) is 20.9 Å². The van der Waals surface area contributed by atoms with E-state index in [-0.39, 0.29) is 12.3 Å². The van der Waals surface area contributed by atoms with Crippen LogP contribution in [0.1, 0.15) is 12.5 Å². The molecular weight excluding hydrogens is 602 g/mol. The number of hydrogen-bond acceptors (Lipinski definition) is 13. The van der Waals surface area contributed by atoms with Gasteiger partial charge in [0.15, 0.2) is 24.3 Å². The Morgan fingerprint density at radius 1 is 1.21 bits per heavy atom. The molecule has 0 aliphatic carbocycles. The number of pyridine rings is 1. The maximum Gasteiger partial charge on any atom is 0.330 e. The molecule has 3 aromatic rings. The number of nitrogens with zero attached hydrogens (tertiary/aromatic N) is 4.